The molecule has 0 fully saturated rings. The van der Waals surface area contributed by atoms with Crippen LogP contribution in [0.2, 0.25) is 5.02 Å². The molecule has 0 aliphatic heterocycles. The summed E-state index contributed by atoms with van der Waals surface area (Å²) >= 11 is 6.03. The zero-order valence-electron chi connectivity index (χ0n) is 11.4. The normalized spacial score (nSPS) is 10.7. The van der Waals surface area contributed by atoms with Gasteiger partial charge in [-0.05, 0) is 38.0 Å². The topological polar surface area (TPSA) is 34.9 Å². The molecule has 1 heterocycles. The predicted octanol–water partition coefficient (Wildman–Crippen LogP) is 3.51. The Hall–Kier alpha value is -1.61. The van der Waals surface area contributed by atoms with Crippen LogP contribution in [0, 0.1) is 13.8 Å². The number of aromatic nitrogens is 2. The number of carbonyl (C=O) groups is 1. The number of hydrogen-bond acceptors (Lipinski definition) is 2. The molecule has 0 spiro atoms. The first-order valence-corrected chi connectivity index (χ1v) is 6.65. The molecular weight excluding hydrogens is 260 g/mol. The van der Waals surface area contributed by atoms with Gasteiger partial charge in [-0.3, -0.25) is 9.48 Å². The highest BCUT2D eigenvalue weighted by Gasteiger charge is 2.14. The number of nitrogens with zero attached hydrogens (tertiary/aromatic N) is 2. The fourth-order valence-corrected chi connectivity index (χ4v) is 2.48. The molecule has 0 saturated heterocycles. The molecule has 4 heteroatoms. The zero-order valence-corrected chi connectivity index (χ0v) is 12.2. The summed E-state index contributed by atoms with van der Waals surface area (Å²) in [5.74, 6) is 0.0771. The van der Waals surface area contributed by atoms with Gasteiger partial charge in [0, 0.05) is 24.7 Å². The molecule has 3 nitrogen and oxygen atoms in total. The number of ketones is 1. The van der Waals surface area contributed by atoms with Crippen LogP contribution in [0.3, 0.4) is 0 Å². The summed E-state index contributed by atoms with van der Waals surface area (Å²) in [6.45, 7) is 4.00. The van der Waals surface area contributed by atoms with Crippen LogP contribution < -0.4 is 0 Å². The lowest BCUT2D eigenvalue weighted by Crippen LogP contribution is -2.03. The van der Waals surface area contributed by atoms with Crippen molar-refractivity contribution in [1.29, 1.82) is 0 Å². The number of hydrogen-bond donors (Lipinski definition) is 0. The summed E-state index contributed by atoms with van der Waals surface area (Å²) in [6, 6.07) is 7.18. The third kappa shape index (κ3) is 2.87. The van der Waals surface area contributed by atoms with Crippen molar-refractivity contribution in [3.63, 3.8) is 0 Å². The van der Waals surface area contributed by atoms with Crippen LogP contribution in [0.25, 0.3) is 0 Å². The number of Topliss-reactive ketones (excluding diaryl/α,β-unsaturated/α-hetero) is 1. The summed E-state index contributed by atoms with van der Waals surface area (Å²) < 4.78 is 1.85. The van der Waals surface area contributed by atoms with Crippen molar-refractivity contribution in [2.75, 3.05) is 0 Å². The summed E-state index contributed by atoms with van der Waals surface area (Å²) in [5, 5.41) is 4.88. The first-order chi connectivity index (χ1) is 9.00. The smallest absolute Gasteiger partial charge is 0.164 e. The number of aryl methyl sites for hydroxylation is 2. The summed E-state index contributed by atoms with van der Waals surface area (Å²) in [4.78, 5) is 12.2. The van der Waals surface area contributed by atoms with E-state index in [9.17, 15) is 4.79 Å². The van der Waals surface area contributed by atoms with E-state index < -0.39 is 0 Å². The highest BCUT2D eigenvalue weighted by Crippen LogP contribution is 2.19. The molecule has 0 bridgehead atoms. The Balaban J connectivity index is 2.11. The van der Waals surface area contributed by atoms with Crippen LogP contribution >= 0.6 is 11.6 Å². The summed E-state index contributed by atoms with van der Waals surface area (Å²) in [6.07, 6.45) is 1.16. The van der Waals surface area contributed by atoms with E-state index >= 15 is 0 Å². The minimum Gasteiger partial charge on any atom is -0.294 e. The van der Waals surface area contributed by atoms with Crippen molar-refractivity contribution < 1.29 is 4.79 Å². The van der Waals surface area contributed by atoms with Crippen molar-refractivity contribution in [3.8, 4) is 0 Å². The molecule has 0 unspecified atom stereocenters. The van der Waals surface area contributed by atoms with Crippen molar-refractivity contribution >= 4 is 17.4 Å². The van der Waals surface area contributed by atoms with Gasteiger partial charge in [0.15, 0.2) is 5.78 Å². The van der Waals surface area contributed by atoms with E-state index in [4.69, 9.17) is 11.6 Å². The van der Waals surface area contributed by atoms with Gasteiger partial charge < -0.3 is 0 Å². The fraction of sp³-hybridized carbons (Fsp3) is 0.333. The second-order valence-corrected chi connectivity index (χ2v) is 5.08. The Morgan fingerprint density at radius 2 is 2.00 bits per heavy atom. The summed E-state index contributed by atoms with van der Waals surface area (Å²) in [5.41, 5.74) is 3.86. The molecule has 0 aliphatic rings. The van der Waals surface area contributed by atoms with E-state index in [-0.39, 0.29) is 5.78 Å². The lowest BCUT2D eigenvalue weighted by Gasteiger charge is -2.04. The molecule has 0 radical (unpaired) electrons. The highest BCUT2D eigenvalue weighted by atomic mass is 35.5. The molecule has 0 aliphatic carbocycles. The van der Waals surface area contributed by atoms with Crippen molar-refractivity contribution in [1.82, 2.24) is 9.78 Å². The van der Waals surface area contributed by atoms with E-state index in [0.29, 0.717) is 23.4 Å². The van der Waals surface area contributed by atoms with Gasteiger partial charge in [0.1, 0.15) is 0 Å². The monoisotopic (exact) mass is 276 g/mol. The van der Waals surface area contributed by atoms with Crippen LogP contribution in [0.4, 0.5) is 0 Å². The van der Waals surface area contributed by atoms with Crippen molar-refractivity contribution in [2.45, 2.75) is 26.7 Å². The van der Waals surface area contributed by atoms with E-state index in [0.717, 1.165) is 17.0 Å². The lowest BCUT2D eigenvalue weighted by molar-refractivity contribution is 0.0983. The quantitative estimate of drug-likeness (QED) is 0.801. The molecule has 2 rings (SSSR count). The minimum atomic E-state index is 0.0771. The second kappa shape index (κ2) is 5.57. The van der Waals surface area contributed by atoms with Gasteiger partial charge in [-0.15, -0.1) is 0 Å². The standard InChI is InChI=1S/C15H17ClN2O/c1-10-12(11(2)18(3)17-10)8-9-15(19)13-6-4-5-7-14(13)16/h4-7H,8-9H2,1-3H3. The zero-order chi connectivity index (χ0) is 14.0. The van der Waals surface area contributed by atoms with Crippen LogP contribution in [0.15, 0.2) is 24.3 Å². The average molecular weight is 277 g/mol. The van der Waals surface area contributed by atoms with E-state index in [2.05, 4.69) is 5.10 Å². The predicted molar refractivity (Wildman–Crippen MR) is 76.8 cm³/mol. The molecule has 1 aromatic heterocycles. The maximum absolute atomic E-state index is 12.2. The Labute approximate surface area is 118 Å². The van der Waals surface area contributed by atoms with Gasteiger partial charge in [-0.1, -0.05) is 23.7 Å². The maximum Gasteiger partial charge on any atom is 0.164 e. The van der Waals surface area contributed by atoms with Crippen LogP contribution in [-0.2, 0) is 13.5 Å². The van der Waals surface area contributed by atoms with Gasteiger partial charge in [-0.25, -0.2) is 0 Å². The third-order valence-corrected chi connectivity index (χ3v) is 3.76. The van der Waals surface area contributed by atoms with Gasteiger partial charge in [0.2, 0.25) is 0 Å². The van der Waals surface area contributed by atoms with Crippen molar-refractivity contribution in [3.05, 3.63) is 51.8 Å². The third-order valence-electron chi connectivity index (χ3n) is 3.44. The van der Waals surface area contributed by atoms with E-state index in [1.807, 2.05) is 37.7 Å². The molecule has 0 amide bonds. The maximum atomic E-state index is 12.2. The van der Waals surface area contributed by atoms with Gasteiger partial charge >= 0.3 is 0 Å². The SMILES string of the molecule is Cc1nn(C)c(C)c1CCC(=O)c1ccccc1Cl. The molecule has 1 aromatic carbocycles. The van der Waals surface area contributed by atoms with Gasteiger partial charge in [0.05, 0.1) is 10.7 Å². The van der Waals surface area contributed by atoms with Gasteiger partial charge in [0.25, 0.3) is 0 Å². The largest absolute Gasteiger partial charge is 0.294 e. The lowest BCUT2D eigenvalue weighted by atomic mass is 10.0. The van der Waals surface area contributed by atoms with E-state index in [1.165, 1.54) is 0 Å². The molecule has 0 atom stereocenters. The minimum absolute atomic E-state index is 0.0771. The number of benzene rings is 1. The fourth-order valence-electron chi connectivity index (χ4n) is 2.24. The van der Waals surface area contributed by atoms with E-state index in [1.54, 1.807) is 12.1 Å². The number of halogens is 1. The molecule has 100 valence electrons. The Morgan fingerprint density at radius 1 is 1.32 bits per heavy atom. The molecule has 2 aromatic rings. The number of carbonyl (C=O) groups excluding carboxylic acids is 1. The average Bonchev–Trinajstić information content (AvgIpc) is 2.61. The molecule has 19 heavy (non-hydrogen) atoms. The highest BCUT2D eigenvalue weighted by molar-refractivity contribution is 6.33. The Morgan fingerprint density at radius 3 is 2.58 bits per heavy atom. The molecule has 0 N–H and O–H groups in total. The second-order valence-electron chi connectivity index (χ2n) is 4.68. The van der Waals surface area contributed by atoms with Gasteiger partial charge in [-0.2, -0.15) is 5.10 Å². The first kappa shape index (κ1) is 13.8. The van der Waals surface area contributed by atoms with Crippen LogP contribution in [0.5, 0.6) is 0 Å². The number of rotatable bonds is 4. The Kier molecular flexibility index (Phi) is 4.05. The molecule has 0 saturated carbocycles. The molecular formula is C15H17ClN2O. The van der Waals surface area contributed by atoms with Crippen LogP contribution in [0.1, 0.15) is 33.7 Å². The summed E-state index contributed by atoms with van der Waals surface area (Å²) in [7, 11) is 1.92. The van der Waals surface area contributed by atoms with Crippen molar-refractivity contribution in [2.24, 2.45) is 7.05 Å². The first-order valence-electron chi connectivity index (χ1n) is 6.27. The van der Waals surface area contributed by atoms with Crippen LogP contribution in [-0.4, -0.2) is 15.6 Å². The Bertz CT molecular complexity index is 617.